The first-order chi connectivity index (χ1) is 11.1. The van der Waals surface area contributed by atoms with Gasteiger partial charge in [0.1, 0.15) is 18.4 Å². The van der Waals surface area contributed by atoms with Gasteiger partial charge in [-0.3, -0.25) is 14.5 Å². The van der Waals surface area contributed by atoms with Crippen LogP contribution in [-0.2, 0) is 15.8 Å². The van der Waals surface area contributed by atoms with E-state index in [-0.39, 0.29) is 37.9 Å². The van der Waals surface area contributed by atoms with Gasteiger partial charge in [0.2, 0.25) is 5.91 Å². The average molecular weight is 385 g/mol. The average Bonchev–Trinajstić information content (AvgIpc) is 2.50. The van der Waals surface area contributed by atoms with Gasteiger partial charge in [0.05, 0.1) is 18.7 Å². The third-order valence-electron chi connectivity index (χ3n) is 3.27. The fourth-order valence-electron chi connectivity index (χ4n) is 1.73. The Kier molecular flexibility index (Phi) is 9.29. The van der Waals surface area contributed by atoms with Crippen molar-refractivity contribution < 1.29 is 32.6 Å². The van der Waals surface area contributed by atoms with Crippen molar-refractivity contribution in [3.8, 4) is 5.75 Å². The lowest BCUT2D eigenvalue weighted by Gasteiger charge is -2.20. The first-order valence-corrected chi connectivity index (χ1v) is 7.11. The van der Waals surface area contributed by atoms with Crippen LogP contribution in [0.5, 0.6) is 5.75 Å². The van der Waals surface area contributed by atoms with E-state index in [1.165, 1.54) is 31.0 Å². The zero-order chi connectivity index (χ0) is 18.3. The molecule has 2 N–H and O–H groups in total. The molecule has 0 saturated heterocycles. The Labute approximate surface area is 149 Å². The molecule has 1 aromatic carbocycles. The standard InChI is InChI=1S/C15H19F3N2O4.ClH/c1-10(14(22)23)20(2)9-13(21)19-6-7-24-12-5-3-4-11(8-12)15(16,17)18;/h3-5,8,10H,6-7,9H2,1-2H3,(H,19,21)(H,22,23);1H. The van der Waals surface area contributed by atoms with Gasteiger partial charge in [-0.2, -0.15) is 13.2 Å². The number of alkyl halides is 3. The van der Waals surface area contributed by atoms with Gasteiger partial charge in [-0.15, -0.1) is 12.4 Å². The van der Waals surface area contributed by atoms with Crippen molar-refractivity contribution in [2.24, 2.45) is 0 Å². The molecular weight excluding hydrogens is 365 g/mol. The Morgan fingerprint density at radius 1 is 1.36 bits per heavy atom. The largest absolute Gasteiger partial charge is 0.492 e. The quantitative estimate of drug-likeness (QED) is 0.670. The van der Waals surface area contributed by atoms with E-state index in [9.17, 15) is 22.8 Å². The monoisotopic (exact) mass is 384 g/mol. The Bertz CT molecular complexity index is 584. The van der Waals surface area contributed by atoms with E-state index in [1.807, 2.05) is 0 Å². The number of aliphatic carboxylic acids is 1. The summed E-state index contributed by atoms with van der Waals surface area (Å²) in [6, 6.07) is 3.63. The molecule has 0 aliphatic carbocycles. The molecule has 0 fully saturated rings. The maximum atomic E-state index is 12.5. The summed E-state index contributed by atoms with van der Waals surface area (Å²) >= 11 is 0. The number of likely N-dealkylation sites (N-methyl/N-ethyl adjacent to an activating group) is 1. The second kappa shape index (κ2) is 10.1. The molecule has 0 heterocycles. The fourth-order valence-corrected chi connectivity index (χ4v) is 1.73. The van der Waals surface area contributed by atoms with Crippen LogP contribution in [0.2, 0.25) is 0 Å². The van der Waals surface area contributed by atoms with Crippen molar-refractivity contribution in [1.82, 2.24) is 10.2 Å². The second-order valence-corrected chi connectivity index (χ2v) is 5.15. The molecule has 0 saturated carbocycles. The molecule has 1 aromatic rings. The van der Waals surface area contributed by atoms with Gasteiger partial charge in [-0.25, -0.2) is 0 Å². The SMILES string of the molecule is CC(C(=O)O)N(C)CC(=O)NCCOc1cccc(C(F)(F)F)c1.Cl. The summed E-state index contributed by atoms with van der Waals surface area (Å²) in [5.74, 6) is -1.40. The summed E-state index contributed by atoms with van der Waals surface area (Å²) in [4.78, 5) is 23.7. The summed E-state index contributed by atoms with van der Waals surface area (Å²) in [6.45, 7) is 1.42. The number of nitrogens with zero attached hydrogens (tertiary/aromatic N) is 1. The summed E-state index contributed by atoms with van der Waals surface area (Å²) in [6.07, 6.45) is -4.45. The molecule has 0 bridgehead atoms. The van der Waals surface area contributed by atoms with Crippen molar-refractivity contribution in [3.63, 3.8) is 0 Å². The molecular formula is C15H20ClF3N2O4. The Hall–Kier alpha value is -2.00. The van der Waals surface area contributed by atoms with Crippen molar-refractivity contribution in [1.29, 1.82) is 0 Å². The fraction of sp³-hybridized carbons (Fsp3) is 0.467. The number of carboxylic acid groups (broad SMARTS) is 1. The predicted molar refractivity (Wildman–Crippen MR) is 86.9 cm³/mol. The van der Waals surface area contributed by atoms with E-state index in [1.54, 1.807) is 0 Å². The number of rotatable bonds is 8. The molecule has 0 aromatic heterocycles. The first kappa shape index (κ1) is 23.0. The van der Waals surface area contributed by atoms with Crippen LogP contribution < -0.4 is 10.1 Å². The molecule has 0 spiro atoms. The molecule has 6 nitrogen and oxygen atoms in total. The summed E-state index contributed by atoms with van der Waals surface area (Å²) in [5.41, 5.74) is -0.812. The lowest BCUT2D eigenvalue weighted by molar-refractivity contribution is -0.142. The van der Waals surface area contributed by atoms with E-state index in [0.29, 0.717) is 0 Å². The van der Waals surface area contributed by atoms with Gasteiger partial charge < -0.3 is 15.2 Å². The van der Waals surface area contributed by atoms with Gasteiger partial charge in [-0.05, 0) is 32.2 Å². The van der Waals surface area contributed by atoms with Crippen LogP contribution in [0.1, 0.15) is 12.5 Å². The minimum atomic E-state index is -4.45. The van der Waals surface area contributed by atoms with Crippen molar-refractivity contribution in [2.75, 3.05) is 26.7 Å². The maximum Gasteiger partial charge on any atom is 0.416 e. The smallest absolute Gasteiger partial charge is 0.416 e. The molecule has 1 unspecified atom stereocenters. The van der Waals surface area contributed by atoms with E-state index in [2.05, 4.69) is 5.32 Å². The van der Waals surface area contributed by atoms with Crippen molar-refractivity contribution in [3.05, 3.63) is 29.8 Å². The zero-order valence-electron chi connectivity index (χ0n) is 13.7. The summed E-state index contributed by atoms with van der Waals surface area (Å²) < 4.78 is 42.8. The highest BCUT2D eigenvalue weighted by Crippen LogP contribution is 2.31. The number of carbonyl (C=O) groups excluding carboxylic acids is 1. The highest BCUT2D eigenvalue weighted by atomic mass is 35.5. The molecule has 142 valence electrons. The van der Waals surface area contributed by atoms with Gasteiger partial charge >= 0.3 is 12.1 Å². The Morgan fingerprint density at radius 3 is 2.56 bits per heavy atom. The number of nitrogens with one attached hydrogen (secondary N) is 1. The van der Waals surface area contributed by atoms with Crippen LogP contribution in [0, 0.1) is 0 Å². The molecule has 1 atom stereocenters. The van der Waals surface area contributed by atoms with Crippen LogP contribution in [-0.4, -0.2) is 54.7 Å². The topological polar surface area (TPSA) is 78.9 Å². The minimum absolute atomic E-state index is 0. The zero-order valence-corrected chi connectivity index (χ0v) is 14.5. The van der Waals surface area contributed by atoms with Crippen LogP contribution in [0.3, 0.4) is 0 Å². The van der Waals surface area contributed by atoms with Crippen molar-refractivity contribution in [2.45, 2.75) is 19.1 Å². The highest BCUT2D eigenvalue weighted by Gasteiger charge is 2.30. The molecule has 0 aliphatic heterocycles. The van der Waals surface area contributed by atoms with Crippen LogP contribution >= 0.6 is 12.4 Å². The maximum absolute atomic E-state index is 12.5. The van der Waals surface area contributed by atoms with Gasteiger partial charge in [0, 0.05) is 0 Å². The number of amides is 1. The second-order valence-electron chi connectivity index (χ2n) is 5.15. The third kappa shape index (κ3) is 8.08. The van der Waals surface area contributed by atoms with E-state index in [0.717, 1.165) is 12.1 Å². The lowest BCUT2D eigenvalue weighted by atomic mass is 10.2. The Balaban J connectivity index is 0.00000576. The molecule has 1 rings (SSSR count). The van der Waals surface area contributed by atoms with E-state index >= 15 is 0 Å². The minimum Gasteiger partial charge on any atom is -0.492 e. The van der Waals surface area contributed by atoms with E-state index in [4.69, 9.17) is 9.84 Å². The third-order valence-corrected chi connectivity index (χ3v) is 3.27. The van der Waals surface area contributed by atoms with Crippen LogP contribution in [0.15, 0.2) is 24.3 Å². The number of benzene rings is 1. The van der Waals surface area contributed by atoms with E-state index < -0.39 is 29.7 Å². The van der Waals surface area contributed by atoms with Crippen molar-refractivity contribution >= 4 is 24.3 Å². The van der Waals surface area contributed by atoms with Crippen LogP contribution in [0.25, 0.3) is 0 Å². The summed E-state index contributed by atoms with van der Waals surface area (Å²) in [7, 11) is 1.50. The molecule has 1 amide bonds. The Morgan fingerprint density at radius 2 is 2.00 bits per heavy atom. The number of halogens is 4. The number of ether oxygens (including phenoxy) is 1. The van der Waals surface area contributed by atoms with Crippen LogP contribution in [0.4, 0.5) is 13.2 Å². The molecule has 25 heavy (non-hydrogen) atoms. The highest BCUT2D eigenvalue weighted by molar-refractivity contribution is 5.85. The molecule has 0 radical (unpaired) electrons. The van der Waals surface area contributed by atoms with Gasteiger partial charge in [-0.1, -0.05) is 6.07 Å². The predicted octanol–water partition coefficient (Wildman–Crippen LogP) is 2.03. The number of hydrogen-bond acceptors (Lipinski definition) is 4. The lowest BCUT2D eigenvalue weighted by Crippen LogP contribution is -2.43. The number of carbonyl (C=O) groups is 2. The molecule has 10 heteroatoms. The normalized spacial score (nSPS) is 12.2. The number of carboxylic acids is 1. The van der Waals surface area contributed by atoms with Gasteiger partial charge in [0.15, 0.2) is 0 Å². The molecule has 0 aliphatic rings. The first-order valence-electron chi connectivity index (χ1n) is 7.11. The number of hydrogen-bond donors (Lipinski definition) is 2. The van der Waals surface area contributed by atoms with Gasteiger partial charge in [0.25, 0.3) is 0 Å². The summed E-state index contributed by atoms with van der Waals surface area (Å²) in [5, 5.41) is 11.3.